The molecule has 0 atom stereocenters. The van der Waals surface area contributed by atoms with Gasteiger partial charge in [-0.25, -0.2) is 4.39 Å². The molecule has 0 aliphatic carbocycles. The van der Waals surface area contributed by atoms with E-state index in [2.05, 4.69) is 10.3 Å². The number of nitrogens with zero attached hydrogens (tertiary/aromatic N) is 1. The molecule has 132 valence electrons. The van der Waals surface area contributed by atoms with Gasteiger partial charge in [-0.3, -0.25) is 9.59 Å². The second-order valence-electron chi connectivity index (χ2n) is 5.80. The summed E-state index contributed by atoms with van der Waals surface area (Å²) >= 11 is 0. The van der Waals surface area contributed by atoms with Gasteiger partial charge < -0.3 is 15.2 Å². The van der Waals surface area contributed by atoms with E-state index in [0.29, 0.717) is 16.8 Å². The smallest absolute Gasteiger partial charge is 0.253 e. The number of pyridine rings is 1. The van der Waals surface area contributed by atoms with Gasteiger partial charge in [0, 0.05) is 31.5 Å². The van der Waals surface area contributed by atoms with Crippen molar-refractivity contribution in [2.75, 3.05) is 11.9 Å². The third kappa shape index (κ3) is 3.97. The highest BCUT2D eigenvalue weighted by Crippen LogP contribution is 2.26. The zero-order valence-electron chi connectivity index (χ0n) is 14.2. The fraction of sp³-hybridized carbons (Fsp3) is 0.100. The summed E-state index contributed by atoms with van der Waals surface area (Å²) in [6.07, 6.45) is 1.34. The van der Waals surface area contributed by atoms with Gasteiger partial charge in [0.25, 0.3) is 5.91 Å². The number of para-hydroxylation sites is 1. The predicted molar refractivity (Wildman–Crippen MR) is 99.1 cm³/mol. The van der Waals surface area contributed by atoms with Gasteiger partial charge >= 0.3 is 0 Å². The van der Waals surface area contributed by atoms with Gasteiger partial charge in [-0.2, -0.15) is 0 Å². The summed E-state index contributed by atoms with van der Waals surface area (Å²) < 4.78 is 14.5. The van der Waals surface area contributed by atoms with Crippen LogP contribution >= 0.6 is 0 Å². The Morgan fingerprint density at radius 3 is 2.54 bits per heavy atom. The van der Waals surface area contributed by atoms with Gasteiger partial charge in [-0.15, -0.1) is 0 Å². The maximum absolute atomic E-state index is 14.5. The van der Waals surface area contributed by atoms with Crippen molar-refractivity contribution in [1.29, 1.82) is 0 Å². The van der Waals surface area contributed by atoms with E-state index in [1.165, 1.54) is 24.4 Å². The molecule has 3 rings (SSSR count). The fourth-order valence-corrected chi connectivity index (χ4v) is 2.56. The Morgan fingerprint density at radius 1 is 1.12 bits per heavy atom. The first-order chi connectivity index (χ1) is 12.5. The summed E-state index contributed by atoms with van der Waals surface area (Å²) in [7, 11) is 1.80. The molecule has 1 amide bonds. The number of H-pyrrole nitrogens is 1. The lowest BCUT2D eigenvalue weighted by Crippen LogP contribution is -2.23. The van der Waals surface area contributed by atoms with E-state index in [9.17, 15) is 14.0 Å². The predicted octanol–water partition coefficient (Wildman–Crippen LogP) is 3.21. The highest BCUT2D eigenvalue weighted by molar-refractivity contribution is 5.93. The average Bonchev–Trinajstić information content (AvgIpc) is 2.67. The number of benzene rings is 2. The number of amides is 1. The van der Waals surface area contributed by atoms with Crippen molar-refractivity contribution in [3.63, 3.8) is 0 Å². The number of nitrogens with one attached hydrogen (secondary N) is 2. The summed E-state index contributed by atoms with van der Waals surface area (Å²) in [5, 5.41) is 2.70. The topological polar surface area (TPSA) is 65.2 Å². The van der Waals surface area contributed by atoms with Crippen molar-refractivity contribution < 1.29 is 9.18 Å². The quantitative estimate of drug-likeness (QED) is 0.742. The van der Waals surface area contributed by atoms with Crippen molar-refractivity contribution in [1.82, 2.24) is 10.3 Å². The van der Waals surface area contributed by atoms with Gasteiger partial charge in [-0.05, 0) is 35.9 Å². The number of hydrogen-bond donors (Lipinski definition) is 2. The lowest BCUT2D eigenvalue weighted by molar-refractivity contribution is 0.0950. The van der Waals surface area contributed by atoms with Crippen LogP contribution in [0.5, 0.6) is 0 Å². The largest absolute Gasteiger partial charge is 0.348 e. The van der Waals surface area contributed by atoms with E-state index >= 15 is 0 Å². The molecule has 0 fully saturated rings. The Bertz CT molecular complexity index is 950. The van der Waals surface area contributed by atoms with Crippen LogP contribution in [0.1, 0.15) is 15.9 Å². The molecule has 2 N–H and O–H groups in total. The molecule has 5 nitrogen and oxygen atoms in total. The number of anilines is 2. The van der Waals surface area contributed by atoms with Crippen LogP contribution in [0, 0.1) is 5.82 Å². The van der Waals surface area contributed by atoms with Crippen LogP contribution in [0.2, 0.25) is 0 Å². The molecule has 2 aromatic carbocycles. The Balaban J connectivity index is 1.68. The van der Waals surface area contributed by atoms with Crippen LogP contribution in [0.4, 0.5) is 15.8 Å². The summed E-state index contributed by atoms with van der Waals surface area (Å²) in [5.74, 6) is -0.709. The fourth-order valence-electron chi connectivity index (χ4n) is 2.56. The lowest BCUT2D eigenvalue weighted by Gasteiger charge is -2.20. The van der Waals surface area contributed by atoms with E-state index in [-0.39, 0.29) is 23.8 Å². The van der Waals surface area contributed by atoms with Gasteiger partial charge in [0.15, 0.2) is 0 Å². The first-order valence-electron chi connectivity index (χ1n) is 8.09. The average molecular weight is 351 g/mol. The number of halogens is 1. The molecule has 0 aliphatic heterocycles. The summed E-state index contributed by atoms with van der Waals surface area (Å²) in [6.45, 7) is 0.185. The van der Waals surface area contributed by atoms with Crippen LogP contribution in [0.15, 0.2) is 71.7 Å². The first-order valence-corrected chi connectivity index (χ1v) is 8.09. The van der Waals surface area contributed by atoms with Gasteiger partial charge in [0.1, 0.15) is 5.82 Å². The van der Waals surface area contributed by atoms with Crippen molar-refractivity contribution in [2.24, 2.45) is 0 Å². The van der Waals surface area contributed by atoms with E-state index < -0.39 is 0 Å². The molecule has 0 spiro atoms. The molecule has 0 saturated heterocycles. The van der Waals surface area contributed by atoms with Gasteiger partial charge in [-0.1, -0.05) is 24.3 Å². The Hall–Kier alpha value is -3.41. The Kier molecular flexibility index (Phi) is 5.12. The molecule has 1 aromatic heterocycles. The molecular formula is C20H18FN3O2. The van der Waals surface area contributed by atoms with E-state index in [1.807, 2.05) is 30.3 Å². The molecule has 0 unspecified atom stereocenters. The maximum atomic E-state index is 14.5. The monoisotopic (exact) mass is 351 g/mol. The lowest BCUT2D eigenvalue weighted by atomic mass is 10.1. The second-order valence-corrected chi connectivity index (χ2v) is 5.80. The van der Waals surface area contributed by atoms with Crippen LogP contribution in [-0.4, -0.2) is 17.9 Å². The zero-order valence-corrected chi connectivity index (χ0v) is 14.2. The molecule has 6 heteroatoms. The minimum atomic E-state index is -0.368. The number of aromatic amines is 1. The van der Waals surface area contributed by atoms with Crippen molar-refractivity contribution in [2.45, 2.75) is 6.54 Å². The summed E-state index contributed by atoms with van der Waals surface area (Å²) in [5.41, 5.74) is 2.04. The molecule has 1 heterocycles. The van der Waals surface area contributed by atoms with Gasteiger partial charge in [0.05, 0.1) is 11.3 Å². The number of carbonyl (C=O) groups excluding carboxylic acids is 1. The van der Waals surface area contributed by atoms with E-state index in [4.69, 9.17) is 0 Å². The summed E-state index contributed by atoms with van der Waals surface area (Å²) in [6, 6.07) is 17.1. The van der Waals surface area contributed by atoms with E-state index in [1.54, 1.807) is 24.1 Å². The maximum Gasteiger partial charge on any atom is 0.253 e. The third-order valence-electron chi connectivity index (χ3n) is 4.02. The zero-order chi connectivity index (χ0) is 18.5. The van der Waals surface area contributed by atoms with Crippen LogP contribution in [0.3, 0.4) is 0 Å². The van der Waals surface area contributed by atoms with E-state index in [0.717, 1.165) is 5.69 Å². The highest BCUT2D eigenvalue weighted by atomic mass is 19.1. The number of carbonyl (C=O) groups is 1. The third-order valence-corrected chi connectivity index (χ3v) is 4.02. The summed E-state index contributed by atoms with van der Waals surface area (Å²) in [4.78, 5) is 27.3. The number of aromatic nitrogens is 1. The second kappa shape index (κ2) is 7.65. The highest BCUT2D eigenvalue weighted by Gasteiger charge is 2.11. The molecule has 26 heavy (non-hydrogen) atoms. The molecular weight excluding hydrogens is 333 g/mol. The molecule has 0 aliphatic rings. The number of rotatable bonds is 5. The van der Waals surface area contributed by atoms with Crippen molar-refractivity contribution >= 4 is 17.3 Å². The van der Waals surface area contributed by atoms with Crippen molar-refractivity contribution in [3.8, 4) is 0 Å². The first kappa shape index (κ1) is 17.4. The van der Waals surface area contributed by atoms with Crippen LogP contribution in [-0.2, 0) is 6.54 Å². The SMILES string of the molecule is CN(c1ccccc1)c1ccc(CNC(=O)c2ccc(=O)[nH]c2)cc1F. The standard InChI is InChI=1S/C20H18FN3O2/c1-24(16-5-3-2-4-6-16)18-9-7-14(11-17(18)21)12-23-20(26)15-8-10-19(25)22-13-15/h2-11,13H,12H2,1H3,(H,22,25)(H,23,26). The molecule has 3 aromatic rings. The minimum Gasteiger partial charge on any atom is -0.348 e. The normalized spacial score (nSPS) is 10.4. The van der Waals surface area contributed by atoms with Crippen LogP contribution < -0.4 is 15.8 Å². The Labute approximate surface area is 150 Å². The molecule has 0 radical (unpaired) electrons. The molecule has 0 saturated carbocycles. The number of hydrogen-bond acceptors (Lipinski definition) is 3. The molecule has 0 bridgehead atoms. The minimum absolute atomic E-state index is 0.185. The van der Waals surface area contributed by atoms with Crippen LogP contribution in [0.25, 0.3) is 0 Å². The van der Waals surface area contributed by atoms with Crippen molar-refractivity contribution in [3.05, 3.63) is 94.2 Å². The Morgan fingerprint density at radius 2 is 1.88 bits per heavy atom. The van der Waals surface area contributed by atoms with Gasteiger partial charge in [0.2, 0.25) is 5.56 Å².